The number of nitrogens with one attached hydrogen (secondary N) is 1. The molecule has 0 fully saturated rings. The highest BCUT2D eigenvalue weighted by molar-refractivity contribution is 6.30. The molecule has 2 heterocycles. The summed E-state index contributed by atoms with van der Waals surface area (Å²) in [5, 5.41) is 15.9. The van der Waals surface area contributed by atoms with E-state index in [4.69, 9.17) is 11.6 Å². The fourth-order valence-electron chi connectivity index (χ4n) is 2.91. The first-order valence-corrected chi connectivity index (χ1v) is 7.64. The molecule has 1 aliphatic rings. The van der Waals surface area contributed by atoms with Crippen molar-refractivity contribution in [2.45, 2.75) is 18.5 Å². The van der Waals surface area contributed by atoms with Gasteiger partial charge in [-0.2, -0.15) is 0 Å². The Labute approximate surface area is 137 Å². The Hall–Kier alpha value is -2.47. The van der Waals surface area contributed by atoms with Gasteiger partial charge in [0.15, 0.2) is 0 Å². The monoisotopic (exact) mass is 329 g/mol. The van der Waals surface area contributed by atoms with E-state index in [9.17, 15) is 4.39 Å². The van der Waals surface area contributed by atoms with Crippen molar-refractivity contribution in [1.29, 1.82) is 0 Å². The smallest absolute Gasteiger partial charge is 0.243 e. The molecule has 0 aliphatic carbocycles. The number of nitrogens with zero attached hydrogens (tertiary/aromatic N) is 4. The van der Waals surface area contributed by atoms with E-state index >= 15 is 0 Å². The van der Waals surface area contributed by atoms with Crippen LogP contribution >= 0.6 is 11.6 Å². The van der Waals surface area contributed by atoms with Crippen LogP contribution in [0.5, 0.6) is 0 Å². The van der Waals surface area contributed by atoms with Crippen LogP contribution in [0, 0.1) is 5.82 Å². The Kier molecular flexibility index (Phi) is 3.46. The molecule has 5 nitrogen and oxygen atoms in total. The number of halogens is 2. The van der Waals surface area contributed by atoms with Gasteiger partial charge in [0, 0.05) is 5.02 Å². The number of benzene rings is 2. The lowest BCUT2D eigenvalue weighted by Gasteiger charge is -2.31. The summed E-state index contributed by atoms with van der Waals surface area (Å²) in [6.45, 7) is 0. The molecule has 0 saturated carbocycles. The molecule has 2 aromatic carbocycles. The summed E-state index contributed by atoms with van der Waals surface area (Å²) in [4.78, 5) is 0. The van der Waals surface area contributed by atoms with Gasteiger partial charge in [-0.15, -0.1) is 0 Å². The lowest BCUT2D eigenvalue weighted by atomic mass is 9.93. The van der Waals surface area contributed by atoms with E-state index in [-0.39, 0.29) is 17.9 Å². The maximum atomic E-state index is 13.2. The molecule has 4 rings (SSSR count). The van der Waals surface area contributed by atoms with Gasteiger partial charge in [-0.3, -0.25) is 0 Å². The van der Waals surface area contributed by atoms with Gasteiger partial charge in [-0.25, -0.2) is 9.07 Å². The molecule has 0 unspecified atom stereocenters. The van der Waals surface area contributed by atoms with Crippen LogP contribution < -0.4 is 5.32 Å². The van der Waals surface area contributed by atoms with Crippen LogP contribution in [0.25, 0.3) is 0 Å². The number of hydrogen-bond acceptors (Lipinski definition) is 4. The summed E-state index contributed by atoms with van der Waals surface area (Å²) in [7, 11) is 0. The van der Waals surface area contributed by atoms with E-state index in [0.717, 1.165) is 17.5 Å². The third kappa shape index (κ3) is 2.66. The zero-order chi connectivity index (χ0) is 15.8. The molecule has 2 atom stereocenters. The second-order valence-corrected chi connectivity index (χ2v) is 5.94. The zero-order valence-corrected chi connectivity index (χ0v) is 12.8. The second kappa shape index (κ2) is 5.62. The van der Waals surface area contributed by atoms with Crippen molar-refractivity contribution in [1.82, 2.24) is 20.2 Å². The van der Waals surface area contributed by atoms with Crippen molar-refractivity contribution in [3.8, 4) is 0 Å². The van der Waals surface area contributed by atoms with E-state index < -0.39 is 0 Å². The van der Waals surface area contributed by atoms with Crippen LogP contribution in [-0.4, -0.2) is 20.2 Å². The standard InChI is InChI=1S/C16H13ClFN5/c17-12-5-1-10(2-6-12)14-9-15(11-3-7-13(18)8-4-11)23-16(19-14)20-21-22-23/h1-8,14-15H,9H2,(H,19,20,22)/t14-,15+/m0/s1. The van der Waals surface area contributed by atoms with Gasteiger partial charge in [0.2, 0.25) is 5.95 Å². The largest absolute Gasteiger partial charge is 0.346 e. The van der Waals surface area contributed by atoms with Crippen molar-refractivity contribution in [3.05, 3.63) is 70.5 Å². The normalized spacial score (nSPS) is 19.9. The number of aromatic nitrogens is 4. The van der Waals surface area contributed by atoms with E-state index in [0.29, 0.717) is 11.0 Å². The number of anilines is 1. The van der Waals surface area contributed by atoms with Crippen LogP contribution in [0.4, 0.5) is 10.3 Å². The highest BCUT2D eigenvalue weighted by Gasteiger charge is 2.30. The first-order valence-electron chi connectivity index (χ1n) is 7.26. The number of rotatable bonds is 2. The molecule has 7 heteroatoms. The van der Waals surface area contributed by atoms with Crippen LogP contribution in [0.1, 0.15) is 29.6 Å². The number of tetrazole rings is 1. The summed E-state index contributed by atoms with van der Waals surface area (Å²) >= 11 is 5.96. The first-order chi connectivity index (χ1) is 11.2. The average Bonchev–Trinajstić information content (AvgIpc) is 3.04. The molecule has 1 aromatic heterocycles. The third-order valence-corrected chi connectivity index (χ3v) is 4.33. The summed E-state index contributed by atoms with van der Waals surface area (Å²) in [5.74, 6) is 0.347. The lowest BCUT2D eigenvalue weighted by Crippen LogP contribution is -2.28. The van der Waals surface area contributed by atoms with Crippen LogP contribution in [0.2, 0.25) is 5.02 Å². The van der Waals surface area contributed by atoms with E-state index in [1.165, 1.54) is 12.1 Å². The van der Waals surface area contributed by atoms with Gasteiger partial charge in [0.1, 0.15) is 5.82 Å². The summed E-state index contributed by atoms with van der Waals surface area (Å²) in [5.41, 5.74) is 2.08. The fourth-order valence-corrected chi connectivity index (χ4v) is 3.04. The lowest BCUT2D eigenvalue weighted by molar-refractivity contribution is 0.423. The molecule has 0 spiro atoms. The molecular weight excluding hydrogens is 317 g/mol. The Balaban J connectivity index is 1.71. The first kappa shape index (κ1) is 14.1. The molecule has 0 radical (unpaired) electrons. The Morgan fingerprint density at radius 2 is 1.74 bits per heavy atom. The maximum Gasteiger partial charge on any atom is 0.243 e. The van der Waals surface area contributed by atoms with Gasteiger partial charge in [-0.05, 0) is 52.2 Å². The van der Waals surface area contributed by atoms with Crippen LogP contribution in [0.3, 0.4) is 0 Å². The quantitative estimate of drug-likeness (QED) is 0.780. The zero-order valence-electron chi connectivity index (χ0n) is 12.0. The van der Waals surface area contributed by atoms with E-state index in [1.54, 1.807) is 16.8 Å². The molecule has 0 saturated heterocycles. The number of fused-ring (bicyclic) bond motifs is 1. The Morgan fingerprint density at radius 3 is 2.48 bits per heavy atom. The molecule has 1 aliphatic heterocycles. The molecular formula is C16H13ClFN5. The average molecular weight is 330 g/mol. The summed E-state index contributed by atoms with van der Waals surface area (Å²) < 4.78 is 14.9. The third-order valence-electron chi connectivity index (χ3n) is 4.08. The Bertz CT molecular complexity index is 815. The van der Waals surface area contributed by atoms with Gasteiger partial charge < -0.3 is 5.32 Å². The van der Waals surface area contributed by atoms with Crippen molar-refractivity contribution >= 4 is 17.5 Å². The van der Waals surface area contributed by atoms with E-state index in [1.807, 2.05) is 24.3 Å². The van der Waals surface area contributed by atoms with Gasteiger partial charge in [0.05, 0.1) is 12.1 Å². The minimum atomic E-state index is -0.256. The van der Waals surface area contributed by atoms with Crippen LogP contribution in [-0.2, 0) is 0 Å². The predicted octanol–water partition coefficient (Wildman–Crippen LogP) is 3.61. The fraction of sp³-hybridized carbons (Fsp3) is 0.188. The van der Waals surface area contributed by atoms with Crippen molar-refractivity contribution < 1.29 is 4.39 Å². The molecule has 0 amide bonds. The summed E-state index contributed by atoms with van der Waals surface area (Å²) in [6, 6.07) is 14.2. The SMILES string of the molecule is Fc1ccc([C@H]2C[C@@H](c3ccc(Cl)cc3)Nc3nnnn32)cc1. The van der Waals surface area contributed by atoms with Crippen molar-refractivity contribution in [2.24, 2.45) is 0 Å². The molecule has 116 valence electrons. The Morgan fingerprint density at radius 1 is 1.04 bits per heavy atom. The predicted molar refractivity (Wildman–Crippen MR) is 84.8 cm³/mol. The summed E-state index contributed by atoms with van der Waals surface area (Å²) in [6.07, 6.45) is 0.755. The highest BCUT2D eigenvalue weighted by atomic mass is 35.5. The van der Waals surface area contributed by atoms with Gasteiger partial charge in [-0.1, -0.05) is 41.0 Å². The van der Waals surface area contributed by atoms with E-state index in [2.05, 4.69) is 20.8 Å². The maximum absolute atomic E-state index is 13.2. The topological polar surface area (TPSA) is 55.6 Å². The molecule has 0 bridgehead atoms. The minimum absolute atomic E-state index is 0.0532. The van der Waals surface area contributed by atoms with Crippen molar-refractivity contribution in [3.63, 3.8) is 0 Å². The molecule has 3 aromatic rings. The second-order valence-electron chi connectivity index (χ2n) is 5.50. The minimum Gasteiger partial charge on any atom is -0.346 e. The van der Waals surface area contributed by atoms with Crippen molar-refractivity contribution in [2.75, 3.05) is 5.32 Å². The van der Waals surface area contributed by atoms with Gasteiger partial charge in [0.25, 0.3) is 0 Å². The highest BCUT2D eigenvalue weighted by Crippen LogP contribution is 2.37. The van der Waals surface area contributed by atoms with Gasteiger partial charge >= 0.3 is 0 Å². The number of hydrogen-bond donors (Lipinski definition) is 1. The van der Waals surface area contributed by atoms with Crippen LogP contribution in [0.15, 0.2) is 48.5 Å². The molecule has 1 N–H and O–H groups in total. The molecule has 23 heavy (non-hydrogen) atoms.